The first-order valence-electron chi connectivity index (χ1n) is 12.8. The van der Waals surface area contributed by atoms with Crippen LogP contribution in [0.1, 0.15) is 49.1 Å². The molecule has 0 radical (unpaired) electrons. The number of nitrogens with one attached hydrogen (secondary N) is 1. The van der Waals surface area contributed by atoms with Gasteiger partial charge in [-0.1, -0.05) is 48.9 Å². The number of imidazole rings is 1. The fourth-order valence-electron chi connectivity index (χ4n) is 6.42. The number of aromatic nitrogens is 2. The van der Waals surface area contributed by atoms with Crippen LogP contribution in [0.2, 0.25) is 0 Å². The van der Waals surface area contributed by atoms with Crippen molar-refractivity contribution in [1.29, 1.82) is 0 Å². The topological polar surface area (TPSA) is 48.7 Å². The van der Waals surface area contributed by atoms with E-state index in [1.54, 1.807) is 0 Å². The molecule has 1 aliphatic carbocycles. The number of hydrogen-bond donors (Lipinski definition) is 1. The molecule has 1 fully saturated rings. The molecule has 178 valence electrons. The molecule has 4 aliphatic rings. The SMILES string of the molecule is c1ccc2c(c1)Sc1ccccc1N2c1ccc(C2=NNC3c4cncn4C4CCCCC4N23)cc1. The fourth-order valence-corrected chi connectivity index (χ4v) is 7.48. The quantitative estimate of drug-likeness (QED) is 0.303. The van der Waals surface area contributed by atoms with Gasteiger partial charge < -0.3 is 14.4 Å². The Morgan fingerprint density at radius 1 is 0.806 bits per heavy atom. The molecule has 1 saturated carbocycles. The van der Waals surface area contributed by atoms with E-state index in [4.69, 9.17) is 5.10 Å². The first-order chi connectivity index (χ1) is 17.9. The standard InChI is InChI=1S/C29H26N6S/c1-2-8-22-21(7-1)33-18-30-17-25(33)29-32-31-28(35(22)29)19-13-15-20(16-14-19)34-23-9-3-5-11-26(23)36-27-12-6-4-10-24(27)34/h3-6,9-18,21-22,29,32H,1-2,7-8H2. The largest absolute Gasteiger partial charge is 0.326 e. The van der Waals surface area contributed by atoms with E-state index in [-0.39, 0.29) is 6.17 Å². The second kappa shape index (κ2) is 7.90. The van der Waals surface area contributed by atoms with E-state index in [0.717, 1.165) is 17.1 Å². The van der Waals surface area contributed by atoms with E-state index in [1.807, 2.05) is 24.3 Å². The predicted molar refractivity (Wildman–Crippen MR) is 143 cm³/mol. The molecular formula is C29H26N6S. The van der Waals surface area contributed by atoms with Gasteiger partial charge in [-0.15, -0.1) is 0 Å². The van der Waals surface area contributed by atoms with Gasteiger partial charge in [0, 0.05) is 21.0 Å². The van der Waals surface area contributed by atoms with Crippen molar-refractivity contribution in [3.63, 3.8) is 0 Å². The average Bonchev–Trinajstić information content (AvgIpc) is 3.60. The van der Waals surface area contributed by atoms with Crippen LogP contribution < -0.4 is 10.3 Å². The van der Waals surface area contributed by atoms with Gasteiger partial charge >= 0.3 is 0 Å². The number of anilines is 3. The number of amidine groups is 1. The summed E-state index contributed by atoms with van der Waals surface area (Å²) in [6.45, 7) is 0. The molecule has 36 heavy (non-hydrogen) atoms. The van der Waals surface area contributed by atoms with Gasteiger partial charge in [0.15, 0.2) is 12.0 Å². The first kappa shape index (κ1) is 20.5. The second-order valence-electron chi connectivity index (χ2n) is 9.94. The van der Waals surface area contributed by atoms with Gasteiger partial charge in [0.05, 0.1) is 41.7 Å². The number of rotatable bonds is 2. The summed E-state index contributed by atoms with van der Waals surface area (Å²) in [4.78, 5) is 11.9. The third-order valence-corrected chi connectivity index (χ3v) is 9.15. The van der Waals surface area contributed by atoms with Crippen molar-refractivity contribution in [2.75, 3.05) is 4.90 Å². The highest BCUT2D eigenvalue weighted by molar-refractivity contribution is 7.99. The summed E-state index contributed by atoms with van der Waals surface area (Å²) in [7, 11) is 0. The van der Waals surface area contributed by atoms with Crippen LogP contribution in [0, 0.1) is 0 Å². The van der Waals surface area contributed by atoms with Crippen molar-refractivity contribution < 1.29 is 0 Å². The summed E-state index contributed by atoms with van der Waals surface area (Å²) in [5, 5.41) is 4.87. The van der Waals surface area contributed by atoms with Gasteiger partial charge in [-0.25, -0.2) is 4.98 Å². The molecule has 1 N–H and O–H groups in total. The van der Waals surface area contributed by atoms with Gasteiger partial charge in [0.25, 0.3) is 0 Å². The monoisotopic (exact) mass is 490 g/mol. The maximum atomic E-state index is 4.87. The van der Waals surface area contributed by atoms with Crippen LogP contribution in [0.5, 0.6) is 0 Å². The molecule has 6 nitrogen and oxygen atoms in total. The summed E-state index contributed by atoms with van der Waals surface area (Å²) >= 11 is 1.84. The van der Waals surface area contributed by atoms with Crippen LogP contribution in [0.25, 0.3) is 0 Å². The Bertz CT molecular complexity index is 1450. The predicted octanol–water partition coefficient (Wildman–Crippen LogP) is 6.58. The van der Waals surface area contributed by atoms with E-state index in [1.165, 1.54) is 52.5 Å². The molecule has 4 aromatic rings. The van der Waals surface area contributed by atoms with Crippen molar-refractivity contribution in [1.82, 2.24) is 19.9 Å². The minimum absolute atomic E-state index is 0.0550. The molecule has 7 heteroatoms. The number of hydrogen-bond acceptors (Lipinski definition) is 6. The van der Waals surface area contributed by atoms with Crippen molar-refractivity contribution in [3.05, 3.63) is 96.6 Å². The van der Waals surface area contributed by atoms with Gasteiger partial charge in [0.2, 0.25) is 0 Å². The molecule has 3 aliphatic heterocycles. The van der Waals surface area contributed by atoms with E-state index >= 15 is 0 Å². The molecule has 0 amide bonds. The normalized spacial score (nSPS) is 23.6. The average molecular weight is 491 g/mol. The lowest BCUT2D eigenvalue weighted by Crippen LogP contribution is -2.52. The lowest BCUT2D eigenvalue weighted by atomic mass is 9.86. The zero-order valence-corrected chi connectivity index (χ0v) is 20.6. The minimum Gasteiger partial charge on any atom is -0.326 e. The van der Waals surface area contributed by atoms with Gasteiger partial charge in [-0.05, 0) is 61.4 Å². The third-order valence-electron chi connectivity index (χ3n) is 8.02. The molecule has 4 heterocycles. The van der Waals surface area contributed by atoms with Crippen LogP contribution in [0.15, 0.2) is 100 Å². The van der Waals surface area contributed by atoms with E-state index in [9.17, 15) is 0 Å². The lowest BCUT2D eigenvalue weighted by Gasteiger charge is -2.47. The van der Waals surface area contributed by atoms with Crippen LogP contribution >= 0.6 is 11.8 Å². The van der Waals surface area contributed by atoms with Crippen LogP contribution in [0.3, 0.4) is 0 Å². The number of benzene rings is 3. The zero-order chi connectivity index (χ0) is 23.6. The highest BCUT2D eigenvalue weighted by Crippen LogP contribution is 2.51. The smallest absolute Gasteiger partial charge is 0.159 e. The number of fused-ring (bicyclic) bond motifs is 8. The molecule has 3 aromatic carbocycles. The van der Waals surface area contributed by atoms with Crippen molar-refractivity contribution in [3.8, 4) is 0 Å². The van der Waals surface area contributed by atoms with E-state index in [2.05, 4.69) is 97.6 Å². The van der Waals surface area contributed by atoms with E-state index in [0.29, 0.717) is 12.1 Å². The lowest BCUT2D eigenvalue weighted by molar-refractivity contribution is 0.0961. The van der Waals surface area contributed by atoms with Gasteiger partial charge in [-0.3, -0.25) is 5.43 Å². The van der Waals surface area contributed by atoms with Crippen molar-refractivity contribution in [2.45, 2.75) is 53.7 Å². The summed E-state index contributed by atoms with van der Waals surface area (Å²) in [5.74, 6) is 1.05. The molecule has 8 rings (SSSR count). The van der Waals surface area contributed by atoms with Crippen molar-refractivity contribution >= 4 is 34.7 Å². The fraction of sp³-hybridized carbons (Fsp3) is 0.241. The summed E-state index contributed by atoms with van der Waals surface area (Å²) < 4.78 is 2.39. The summed E-state index contributed by atoms with van der Waals surface area (Å²) in [5.41, 5.74) is 9.41. The number of para-hydroxylation sites is 2. The molecule has 3 unspecified atom stereocenters. The third kappa shape index (κ3) is 2.92. The molecule has 0 bridgehead atoms. The highest BCUT2D eigenvalue weighted by atomic mass is 32.2. The Morgan fingerprint density at radius 3 is 2.25 bits per heavy atom. The molecule has 1 aromatic heterocycles. The Hall–Kier alpha value is -3.71. The van der Waals surface area contributed by atoms with E-state index < -0.39 is 0 Å². The van der Waals surface area contributed by atoms with Gasteiger partial charge in [0.1, 0.15) is 0 Å². The highest BCUT2D eigenvalue weighted by Gasteiger charge is 2.46. The number of hydrazone groups is 1. The molecule has 3 atom stereocenters. The Balaban J connectivity index is 1.17. The van der Waals surface area contributed by atoms with Crippen molar-refractivity contribution in [2.24, 2.45) is 5.10 Å². The number of nitrogens with zero attached hydrogens (tertiary/aromatic N) is 5. The summed E-state index contributed by atoms with van der Waals surface area (Å²) in [6, 6.07) is 27.2. The Labute approximate surface area is 214 Å². The zero-order valence-electron chi connectivity index (χ0n) is 19.8. The van der Waals surface area contributed by atoms with Gasteiger partial charge in [-0.2, -0.15) is 5.10 Å². The summed E-state index contributed by atoms with van der Waals surface area (Å²) in [6.07, 6.45) is 9.01. The maximum absolute atomic E-state index is 4.87. The molecular weight excluding hydrogens is 464 g/mol. The second-order valence-corrected chi connectivity index (χ2v) is 11.0. The minimum atomic E-state index is 0.0550. The van der Waals surface area contributed by atoms with Crippen LogP contribution in [0.4, 0.5) is 17.1 Å². The Kier molecular flexibility index (Phi) is 4.49. The maximum Gasteiger partial charge on any atom is 0.159 e. The molecule has 0 saturated heterocycles. The van der Waals surface area contributed by atoms with Crippen LogP contribution in [-0.4, -0.2) is 26.3 Å². The van der Waals surface area contributed by atoms with Crippen LogP contribution in [-0.2, 0) is 0 Å². The first-order valence-corrected chi connectivity index (χ1v) is 13.6. The Morgan fingerprint density at radius 2 is 1.50 bits per heavy atom. The molecule has 0 spiro atoms.